The van der Waals surface area contributed by atoms with Crippen LogP contribution in [0, 0.1) is 40.9 Å². The van der Waals surface area contributed by atoms with Crippen LogP contribution in [0.25, 0.3) is 5.65 Å². The molecule has 4 heterocycles. The third-order valence-electron chi connectivity index (χ3n) is 11.4. The van der Waals surface area contributed by atoms with E-state index in [1.165, 1.54) is 10.6 Å². The van der Waals surface area contributed by atoms with Crippen molar-refractivity contribution >= 4 is 23.2 Å². The highest BCUT2D eigenvalue weighted by Crippen LogP contribution is 3.09. The van der Waals surface area contributed by atoms with Crippen molar-refractivity contribution in [2.45, 2.75) is 18.4 Å². The number of carbonyl (C=O) groups is 3. The summed E-state index contributed by atoms with van der Waals surface area (Å²) in [6.45, 7) is 0.995. The summed E-state index contributed by atoms with van der Waals surface area (Å²) in [5.74, 6) is 5.20. The number of ether oxygens (including phenoxy) is 1. The summed E-state index contributed by atoms with van der Waals surface area (Å²) in [6, 6.07) is 8.73. The first kappa shape index (κ1) is 22.1. The maximum Gasteiger partial charge on any atom is 0.270 e. The first-order valence-electron chi connectivity index (χ1n) is 14.1. The Kier molecular flexibility index (Phi) is 3.77. The number of H-pyrrole nitrogens is 1. The van der Waals surface area contributed by atoms with Gasteiger partial charge in [-0.05, 0) is 58.6 Å². The first-order chi connectivity index (χ1) is 20.0. The minimum Gasteiger partial charge on any atom is -0.486 e. The molecule has 0 spiro atoms. The number of rotatable bonds is 7. The first-order valence-corrected chi connectivity index (χ1v) is 14.1. The average molecular weight is 549 g/mol. The Labute approximate surface area is 232 Å². The van der Waals surface area contributed by atoms with Crippen LogP contribution in [-0.4, -0.2) is 60.5 Å². The molecule has 12 nitrogen and oxygen atoms in total. The van der Waals surface area contributed by atoms with Gasteiger partial charge in [-0.1, -0.05) is 6.07 Å². The van der Waals surface area contributed by atoms with E-state index in [2.05, 4.69) is 35.9 Å². The van der Waals surface area contributed by atoms with Crippen LogP contribution in [0.4, 0.5) is 0 Å². The molecular weight excluding hydrogens is 524 g/mol. The molecule has 0 unspecified atom stereocenters. The Bertz CT molecular complexity index is 1810. The van der Waals surface area contributed by atoms with E-state index in [-0.39, 0.29) is 47.1 Å². The van der Waals surface area contributed by atoms with Crippen molar-refractivity contribution in [3.05, 3.63) is 71.2 Å². The maximum atomic E-state index is 13.5. The highest BCUT2D eigenvalue weighted by Gasteiger charge is 3.10. The van der Waals surface area contributed by atoms with Gasteiger partial charge in [0.25, 0.3) is 11.8 Å². The predicted octanol–water partition coefficient (Wildman–Crippen LogP) is 0.701. The molecule has 7 aliphatic rings. The third-order valence-corrected chi connectivity index (χ3v) is 11.4. The summed E-state index contributed by atoms with van der Waals surface area (Å²) in [5.41, 5.74) is 3.00. The summed E-state index contributed by atoms with van der Waals surface area (Å²) in [7, 11) is 0. The topological polar surface area (TPSA) is 156 Å². The van der Waals surface area contributed by atoms with E-state index in [4.69, 9.17) is 4.74 Å². The summed E-state index contributed by atoms with van der Waals surface area (Å²) < 4.78 is 6.93. The second kappa shape index (κ2) is 6.99. The van der Waals surface area contributed by atoms with Crippen LogP contribution in [-0.2, 0) is 23.2 Å². The Morgan fingerprint density at radius 2 is 1.88 bits per heavy atom. The fourth-order valence-electron chi connectivity index (χ4n) is 10.2. The normalized spacial score (nSPS) is 35.5. The average Bonchev–Trinajstić information content (AvgIpc) is 3.71. The Hall–Kier alpha value is -4.61. The van der Waals surface area contributed by atoms with E-state index in [1.54, 1.807) is 18.6 Å². The Morgan fingerprint density at radius 3 is 2.66 bits per heavy atom. The van der Waals surface area contributed by atoms with Gasteiger partial charge >= 0.3 is 0 Å². The SMILES string of the molecule is O=C1COc2ccc(CNC(=O)c3cc(C(=O)NCC45C6C7C4C4C5C6C74c4ncn[nH]4)n4nccc4n3)cc2C1. The van der Waals surface area contributed by atoms with Gasteiger partial charge in [-0.25, -0.2) is 14.5 Å². The van der Waals surface area contributed by atoms with E-state index in [1.807, 2.05) is 18.2 Å². The van der Waals surface area contributed by atoms with Crippen LogP contribution in [0.3, 0.4) is 0 Å². The van der Waals surface area contributed by atoms with Crippen LogP contribution in [0.15, 0.2) is 42.9 Å². The lowest BCUT2D eigenvalue weighted by Crippen LogP contribution is -3.12. The second-order valence-corrected chi connectivity index (χ2v) is 12.5. The number of aromatic nitrogens is 6. The fraction of sp³-hybridized carbons (Fsp3) is 0.414. The van der Waals surface area contributed by atoms with E-state index < -0.39 is 5.91 Å². The zero-order valence-electron chi connectivity index (χ0n) is 21.7. The maximum absolute atomic E-state index is 13.5. The van der Waals surface area contributed by atoms with Crippen molar-refractivity contribution in [2.75, 3.05) is 13.2 Å². The van der Waals surface area contributed by atoms with Gasteiger partial charge in [0.1, 0.15) is 35.9 Å². The molecule has 0 bridgehead atoms. The summed E-state index contributed by atoms with van der Waals surface area (Å²) in [6.07, 6.45) is 3.50. The molecule has 6 saturated carbocycles. The van der Waals surface area contributed by atoms with Crippen molar-refractivity contribution in [2.24, 2.45) is 40.9 Å². The number of hydrogen-bond acceptors (Lipinski definition) is 8. The standard InChI is InChI=1S/C29H24N8O4/c38-14-6-13-5-12(1-2-17(13)41-9-14)8-30-25(39)15-7-16(37-18(35-15)3-4-34-37)26(40)31-10-28-19-22-20(28)24-21(28)23(19)29(22,24)27-32-11-33-36-27/h1-5,7,11,19-24H,6,8-10H2,(H,30,39)(H,31,40)(H,32,33,36). The molecule has 11 rings (SSSR count). The molecule has 3 aromatic heterocycles. The third kappa shape index (κ3) is 2.29. The van der Waals surface area contributed by atoms with E-state index in [0.29, 0.717) is 59.9 Å². The number of ketones is 1. The Morgan fingerprint density at radius 1 is 1.05 bits per heavy atom. The van der Waals surface area contributed by atoms with Crippen molar-refractivity contribution in [3.8, 4) is 5.75 Å². The summed E-state index contributed by atoms with van der Waals surface area (Å²) in [5, 5.41) is 17.6. The molecule has 0 atom stereocenters. The van der Waals surface area contributed by atoms with Crippen LogP contribution in [0.1, 0.15) is 37.9 Å². The molecule has 6 fully saturated rings. The molecule has 204 valence electrons. The van der Waals surface area contributed by atoms with Crippen molar-refractivity contribution in [1.29, 1.82) is 0 Å². The van der Waals surface area contributed by atoms with Gasteiger partial charge in [-0.15, -0.1) is 0 Å². The summed E-state index contributed by atoms with van der Waals surface area (Å²) >= 11 is 0. The lowest BCUT2D eigenvalue weighted by molar-refractivity contribution is -0.627. The minimum atomic E-state index is -0.397. The van der Waals surface area contributed by atoms with E-state index in [0.717, 1.165) is 17.0 Å². The quantitative estimate of drug-likeness (QED) is 0.305. The van der Waals surface area contributed by atoms with Gasteiger partial charge in [0.05, 0.1) is 6.20 Å². The van der Waals surface area contributed by atoms with Gasteiger partial charge in [0.2, 0.25) is 0 Å². The number of hydrogen-bond donors (Lipinski definition) is 3. The molecule has 1 aromatic carbocycles. The van der Waals surface area contributed by atoms with Crippen LogP contribution in [0.2, 0.25) is 0 Å². The van der Waals surface area contributed by atoms with Gasteiger partial charge in [-0.2, -0.15) is 10.2 Å². The van der Waals surface area contributed by atoms with Gasteiger partial charge in [-0.3, -0.25) is 19.5 Å². The molecule has 1 aliphatic heterocycles. The number of amides is 2. The largest absolute Gasteiger partial charge is 0.486 e. The monoisotopic (exact) mass is 548 g/mol. The zero-order valence-corrected chi connectivity index (χ0v) is 21.7. The lowest BCUT2D eigenvalue weighted by Gasteiger charge is -3.11. The van der Waals surface area contributed by atoms with E-state index in [9.17, 15) is 14.4 Å². The molecular formula is C29H24N8O4. The molecule has 12 heteroatoms. The van der Waals surface area contributed by atoms with Crippen LogP contribution >= 0.6 is 0 Å². The number of Topliss-reactive ketones (excluding diaryl/α,β-unsaturated/α-hetero) is 1. The van der Waals surface area contributed by atoms with E-state index >= 15 is 0 Å². The highest BCUT2D eigenvalue weighted by molar-refractivity contribution is 5.98. The smallest absolute Gasteiger partial charge is 0.270 e. The van der Waals surface area contributed by atoms with Crippen LogP contribution < -0.4 is 15.4 Å². The molecule has 41 heavy (non-hydrogen) atoms. The Balaban J connectivity index is 0.845. The molecule has 6 aliphatic carbocycles. The second-order valence-electron chi connectivity index (χ2n) is 12.5. The zero-order chi connectivity index (χ0) is 27.2. The molecule has 0 radical (unpaired) electrons. The fourth-order valence-corrected chi connectivity index (χ4v) is 10.2. The number of aromatic amines is 1. The molecule has 4 aromatic rings. The molecule has 0 saturated heterocycles. The number of fused-ring (bicyclic) bond motifs is 2. The number of nitrogens with zero attached hydrogens (tertiary/aromatic N) is 5. The van der Waals surface area contributed by atoms with Crippen molar-refractivity contribution in [1.82, 2.24) is 40.4 Å². The minimum absolute atomic E-state index is 0.0258. The summed E-state index contributed by atoms with van der Waals surface area (Å²) in [4.78, 5) is 47.2. The number of carbonyl (C=O) groups excluding carboxylic acids is 3. The van der Waals surface area contributed by atoms with Gasteiger partial charge < -0.3 is 15.4 Å². The number of nitrogens with one attached hydrogen (secondary N) is 3. The van der Waals surface area contributed by atoms with Gasteiger partial charge in [0.15, 0.2) is 11.4 Å². The molecule has 3 N–H and O–H groups in total. The lowest BCUT2D eigenvalue weighted by atomic mass is 8.92. The highest BCUT2D eigenvalue weighted by atomic mass is 16.5. The molecule has 2 amide bonds. The van der Waals surface area contributed by atoms with Crippen molar-refractivity contribution in [3.63, 3.8) is 0 Å². The van der Waals surface area contributed by atoms with Gasteiger partial charge in [0, 0.05) is 42.6 Å². The predicted molar refractivity (Wildman–Crippen MR) is 139 cm³/mol. The van der Waals surface area contributed by atoms with Crippen molar-refractivity contribution < 1.29 is 19.1 Å². The number of benzene rings is 1. The van der Waals surface area contributed by atoms with Crippen LogP contribution in [0.5, 0.6) is 5.75 Å².